The van der Waals surface area contributed by atoms with Gasteiger partial charge in [0.05, 0.1) is 6.61 Å². The molecule has 2 heterocycles. The number of likely N-dealkylation sites (tertiary alicyclic amines) is 2. The van der Waals surface area contributed by atoms with Crippen LogP contribution in [0, 0.1) is 5.92 Å². The second-order valence-electron chi connectivity index (χ2n) is 6.10. The summed E-state index contributed by atoms with van der Waals surface area (Å²) in [6, 6.07) is 0.253. The Bertz CT molecular complexity index is 290. The molecule has 1 N–H and O–H groups in total. The van der Waals surface area contributed by atoms with Gasteiger partial charge in [0.2, 0.25) is 5.91 Å². The molecule has 0 radical (unpaired) electrons. The quantitative estimate of drug-likeness (QED) is 0.840. The Balaban J connectivity index is 1.78. The average Bonchev–Trinajstić information content (AvgIpc) is 2.45. The maximum atomic E-state index is 12.2. The third-order valence-electron chi connectivity index (χ3n) is 4.74. The van der Waals surface area contributed by atoms with Crippen LogP contribution in [-0.2, 0) is 4.79 Å². The van der Waals surface area contributed by atoms with Crippen LogP contribution in [-0.4, -0.2) is 59.6 Å². The van der Waals surface area contributed by atoms with Crippen LogP contribution in [0.3, 0.4) is 0 Å². The number of rotatable bonds is 4. The molecule has 2 rings (SSSR count). The number of aliphatic hydroxyl groups excluding tert-OH is 1. The molecular weight excluding hydrogens is 240 g/mol. The van der Waals surface area contributed by atoms with E-state index in [0.29, 0.717) is 18.2 Å². The van der Waals surface area contributed by atoms with Gasteiger partial charge in [0.15, 0.2) is 0 Å². The summed E-state index contributed by atoms with van der Waals surface area (Å²) in [5.41, 5.74) is 0. The molecule has 2 aliphatic heterocycles. The molecule has 0 aromatic carbocycles. The molecule has 0 bridgehead atoms. The van der Waals surface area contributed by atoms with E-state index >= 15 is 0 Å². The van der Waals surface area contributed by atoms with Crippen LogP contribution in [0.5, 0.6) is 0 Å². The normalized spacial score (nSPS) is 29.5. The van der Waals surface area contributed by atoms with Crippen molar-refractivity contribution in [2.45, 2.75) is 51.5 Å². The van der Waals surface area contributed by atoms with E-state index in [1.165, 1.54) is 19.3 Å². The summed E-state index contributed by atoms with van der Waals surface area (Å²) < 4.78 is 0. The molecule has 0 aromatic heterocycles. The van der Waals surface area contributed by atoms with Gasteiger partial charge in [-0.3, -0.25) is 9.69 Å². The van der Waals surface area contributed by atoms with E-state index in [1.54, 1.807) is 0 Å². The third kappa shape index (κ3) is 3.93. The molecule has 1 amide bonds. The summed E-state index contributed by atoms with van der Waals surface area (Å²) in [7, 11) is 0. The van der Waals surface area contributed by atoms with Gasteiger partial charge in [-0.05, 0) is 44.6 Å². The third-order valence-corrected chi connectivity index (χ3v) is 4.74. The van der Waals surface area contributed by atoms with Crippen molar-refractivity contribution in [2.24, 2.45) is 5.92 Å². The van der Waals surface area contributed by atoms with Gasteiger partial charge in [-0.15, -0.1) is 0 Å². The molecule has 2 saturated heterocycles. The molecule has 4 nitrogen and oxygen atoms in total. The van der Waals surface area contributed by atoms with Gasteiger partial charge in [0.1, 0.15) is 0 Å². The largest absolute Gasteiger partial charge is 0.395 e. The Kier molecular flexibility index (Phi) is 5.64. The molecule has 2 atom stereocenters. The predicted molar refractivity (Wildman–Crippen MR) is 75.9 cm³/mol. The zero-order valence-corrected chi connectivity index (χ0v) is 12.2. The van der Waals surface area contributed by atoms with E-state index in [4.69, 9.17) is 0 Å². The van der Waals surface area contributed by atoms with E-state index in [9.17, 15) is 9.90 Å². The lowest BCUT2D eigenvalue weighted by Gasteiger charge is -2.39. The number of hydrogen-bond acceptors (Lipinski definition) is 3. The molecule has 0 aliphatic carbocycles. The van der Waals surface area contributed by atoms with Crippen LogP contribution < -0.4 is 0 Å². The lowest BCUT2D eigenvalue weighted by atomic mass is 9.91. The van der Waals surface area contributed by atoms with Crippen LogP contribution in [0.15, 0.2) is 0 Å². The first-order valence-electron chi connectivity index (χ1n) is 7.85. The molecule has 0 aromatic rings. The summed E-state index contributed by atoms with van der Waals surface area (Å²) in [4.78, 5) is 16.5. The van der Waals surface area contributed by atoms with Gasteiger partial charge in [-0.25, -0.2) is 0 Å². The lowest BCUT2D eigenvalue weighted by molar-refractivity contribution is -0.132. The average molecular weight is 268 g/mol. The zero-order valence-electron chi connectivity index (χ0n) is 12.2. The fourth-order valence-electron chi connectivity index (χ4n) is 3.45. The molecule has 19 heavy (non-hydrogen) atoms. The van der Waals surface area contributed by atoms with Crippen molar-refractivity contribution in [3.63, 3.8) is 0 Å². The van der Waals surface area contributed by atoms with E-state index in [2.05, 4.69) is 11.8 Å². The Morgan fingerprint density at radius 2 is 1.89 bits per heavy atom. The number of hydrogen-bond donors (Lipinski definition) is 1. The number of aliphatic hydroxyl groups is 1. The monoisotopic (exact) mass is 268 g/mol. The van der Waals surface area contributed by atoms with Gasteiger partial charge in [0.25, 0.3) is 0 Å². The molecular formula is C15H28N2O2. The van der Waals surface area contributed by atoms with E-state index in [1.807, 2.05) is 4.90 Å². The van der Waals surface area contributed by atoms with E-state index in [-0.39, 0.29) is 12.6 Å². The van der Waals surface area contributed by atoms with Gasteiger partial charge in [0, 0.05) is 32.1 Å². The maximum absolute atomic E-state index is 12.2. The minimum Gasteiger partial charge on any atom is -0.395 e. The van der Waals surface area contributed by atoms with Crippen molar-refractivity contribution in [1.82, 2.24) is 9.80 Å². The van der Waals surface area contributed by atoms with E-state index < -0.39 is 0 Å². The minimum absolute atomic E-state index is 0.221. The van der Waals surface area contributed by atoms with Crippen LogP contribution in [0.2, 0.25) is 0 Å². The highest BCUT2D eigenvalue weighted by Gasteiger charge is 2.28. The molecule has 2 fully saturated rings. The predicted octanol–water partition coefficient (Wildman–Crippen LogP) is 1.48. The SMILES string of the molecule is CC1CCCN(CCC(=O)N2CCCCC2)C1CO. The zero-order chi connectivity index (χ0) is 13.7. The highest BCUT2D eigenvalue weighted by atomic mass is 16.3. The summed E-state index contributed by atoms with van der Waals surface area (Å²) in [5, 5.41) is 9.51. The van der Waals surface area contributed by atoms with Crippen molar-refractivity contribution in [3.8, 4) is 0 Å². The molecule has 4 heteroatoms. The first kappa shape index (κ1) is 14.8. The first-order valence-corrected chi connectivity index (χ1v) is 7.85. The van der Waals surface area contributed by atoms with Gasteiger partial charge < -0.3 is 10.0 Å². The minimum atomic E-state index is 0.221. The Hall–Kier alpha value is -0.610. The maximum Gasteiger partial charge on any atom is 0.223 e. The first-order chi connectivity index (χ1) is 9.22. The van der Waals surface area contributed by atoms with Crippen LogP contribution in [0.1, 0.15) is 45.4 Å². The summed E-state index contributed by atoms with van der Waals surface area (Å²) in [6.07, 6.45) is 6.58. The Morgan fingerprint density at radius 1 is 1.16 bits per heavy atom. The summed E-state index contributed by atoms with van der Waals surface area (Å²) in [5.74, 6) is 0.846. The summed E-state index contributed by atoms with van der Waals surface area (Å²) >= 11 is 0. The highest BCUT2D eigenvalue weighted by Crippen LogP contribution is 2.23. The van der Waals surface area contributed by atoms with Crippen LogP contribution >= 0.6 is 0 Å². The fraction of sp³-hybridized carbons (Fsp3) is 0.933. The van der Waals surface area contributed by atoms with Crippen molar-refractivity contribution in [3.05, 3.63) is 0 Å². The molecule has 0 spiro atoms. The lowest BCUT2D eigenvalue weighted by Crippen LogP contribution is -2.48. The molecule has 2 aliphatic rings. The second kappa shape index (κ2) is 7.25. The van der Waals surface area contributed by atoms with Gasteiger partial charge in [-0.2, -0.15) is 0 Å². The Morgan fingerprint density at radius 3 is 2.58 bits per heavy atom. The van der Waals surface area contributed by atoms with Crippen LogP contribution in [0.4, 0.5) is 0 Å². The van der Waals surface area contributed by atoms with Gasteiger partial charge >= 0.3 is 0 Å². The fourth-order valence-corrected chi connectivity index (χ4v) is 3.45. The van der Waals surface area contributed by atoms with Crippen molar-refractivity contribution < 1.29 is 9.90 Å². The number of nitrogens with zero attached hydrogens (tertiary/aromatic N) is 2. The molecule has 0 saturated carbocycles. The number of carbonyl (C=O) groups is 1. The Labute approximate surface area is 116 Å². The standard InChI is InChI=1S/C15H28N2O2/c1-13-6-5-10-16(14(13)12-18)11-7-15(19)17-8-3-2-4-9-17/h13-14,18H,2-12H2,1H3. The van der Waals surface area contributed by atoms with E-state index in [0.717, 1.165) is 39.0 Å². The topological polar surface area (TPSA) is 43.8 Å². The number of carbonyl (C=O) groups excluding carboxylic acids is 1. The van der Waals surface area contributed by atoms with Gasteiger partial charge in [-0.1, -0.05) is 6.92 Å². The van der Waals surface area contributed by atoms with Crippen molar-refractivity contribution in [1.29, 1.82) is 0 Å². The van der Waals surface area contributed by atoms with Crippen LogP contribution in [0.25, 0.3) is 0 Å². The highest BCUT2D eigenvalue weighted by molar-refractivity contribution is 5.76. The summed E-state index contributed by atoms with van der Waals surface area (Å²) in [6.45, 7) is 6.16. The van der Waals surface area contributed by atoms with Crippen molar-refractivity contribution in [2.75, 3.05) is 32.8 Å². The molecule has 110 valence electrons. The smallest absolute Gasteiger partial charge is 0.223 e. The number of amides is 1. The molecule has 2 unspecified atom stereocenters. The number of piperidine rings is 2. The second-order valence-corrected chi connectivity index (χ2v) is 6.10. The van der Waals surface area contributed by atoms with Crippen molar-refractivity contribution >= 4 is 5.91 Å².